The van der Waals surface area contributed by atoms with Gasteiger partial charge in [0.25, 0.3) is 5.91 Å². The van der Waals surface area contributed by atoms with E-state index < -0.39 is 84.7 Å². The number of nitrogens with zero attached hydrogens (tertiary/aromatic N) is 12. The molecule has 10 N–H and O–H groups in total. The average Bonchev–Trinajstić information content (AvgIpc) is 1.57. The zero-order valence-corrected chi connectivity index (χ0v) is 64.0. The zero-order valence-electron chi connectivity index (χ0n) is 62.4. The lowest BCUT2D eigenvalue weighted by molar-refractivity contribution is -0.433. The van der Waals surface area contributed by atoms with E-state index in [4.69, 9.17) is 35.2 Å². The molecule has 0 saturated carbocycles. The van der Waals surface area contributed by atoms with Gasteiger partial charge in [-0.2, -0.15) is 28.3 Å². The van der Waals surface area contributed by atoms with Crippen LogP contribution in [0.3, 0.4) is 0 Å². The highest BCUT2D eigenvalue weighted by Gasteiger charge is 2.60. The number of nitrogens with one attached hydrogen (secondary N) is 3. The van der Waals surface area contributed by atoms with Gasteiger partial charge in [-0.05, 0) is 107 Å². The number of carboxylic acid groups (broad SMARTS) is 1. The molecule has 588 valence electrons. The highest BCUT2D eigenvalue weighted by Crippen LogP contribution is 2.49. The van der Waals surface area contributed by atoms with Gasteiger partial charge in [0.1, 0.15) is 50.0 Å². The molecule has 4 aliphatic rings. The van der Waals surface area contributed by atoms with Gasteiger partial charge in [0.05, 0.1) is 48.5 Å². The molecule has 3 amide bonds. The van der Waals surface area contributed by atoms with E-state index in [-0.39, 0.29) is 97.4 Å². The molecule has 1 fully saturated rings. The molecule has 4 aromatic heterocycles. The summed E-state index contributed by atoms with van der Waals surface area (Å²) < 4.78 is 62.8. The second kappa shape index (κ2) is 35.9. The normalized spacial score (nSPS) is 19.2. The molecule has 1 aliphatic carbocycles. The molecule has 7 heterocycles. The number of hydrogen-bond donors (Lipinski definition) is 8. The molecule has 7 aromatic rings. The van der Waals surface area contributed by atoms with E-state index in [0.717, 1.165) is 46.2 Å². The summed E-state index contributed by atoms with van der Waals surface area (Å²) >= 11 is 0. The quantitative estimate of drug-likeness (QED) is 0.00822. The fourth-order valence-corrected chi connectivity index (χ4v) is 15.5. The number of ether oxygens (including phenoxy) is 5. The summed E-state index contributed by atoms with van der Waals surface area (Å²) in [5.74, 6) is -6.38. The maximum absolute atomic E-state index is 15.0. The largest absolute Gasteiger partial charge is 0.508 e. The van der Waals surface area contributed by atoms with E-state index in [1.165, 1.54) is 51.0 Å². The number of nitrogens with two attached hydrogens (primary N) is 2. The number of carbonyl (C=O) groups excluding carboxylic acids is 4. The lowest BCUT2D eigenvalue weighted by Gasteiger charge is -2.34. The van der Waals surface area contributed by atoms with Crippen molar-refractivity contribution in [3.05, 3.63) is 183 Å². The minimum Gasteiger partial charge on any atom is -0.492 e. The number of aliphatic carboxylic acids is 1. The first-order valence-electron chi connectivity index (χ1n) is 36.3. The van der Waals surface area contributed by atoms with Gasteiger partial charge < -0.3 is 71.3 Å². The predicted octanol–water partition coefficient (Wildman–Crippen LogP) is 9.02. The summed E-state index contributed by atoms with van der Waals surface area (Å²) in [5, 5.41) is 47.8. The van der Waals surface area contributed by atoms with Crippen LogP contribution in [0.15, 0.2) is 149 Å². The Labute approximate surface area is 646 Å². The number of likely N-dealkylation sites (N-methyl/N-ethyl adjacent to an activating group) is 2. The monoisotopic (exact) mass is 1570 g/mol. The Kier molecular flexibility index (Phi) is 26.2. The molecule has 11 rings (SSSR count). The van der Waals surface area contributed by atoms with Crippen molar-refractivity contribution in [3.8, 4) is 5.88 Å². The number of aryl methyl sites for hydroxylation is 1. The number of nitrogen functional groups attached to an aromatic ring is 2. The Hall–Kier alpha value is -10.9. The number of anilines is 4. The van der Waals surface area contributed by atoms with Crippen LogP contribution in [0.4, 0.5) is 47.2 Å². The smallest absolute Gasteiger partial charge is 0.492 e. The first-order valence-corrected chi connectivity index (χ1v) is 38.8. The fourth-order valence-electron chi connectivity index (χ4n) is 13.9. The van der Waals surface area contributed by atoms with Crippen molar-refractivity contribution in [2.45, 2.75) is 148 Å². The second-order valence-electron chi connectivity index (χ2n) is 27.5. The van der Waals surface area contributed by atoms with Crippen LogP contribution in [0.1, 0.15) is 120 Å². The number of aromatic nitrogens is 9. The van der Waals surface area contributed by atoms with Gasteiger partial charge in [-0.15, -0.1) is 5.10 Å². The summed E-state index contributed by atoms with van der Waals surface area (Å²) in [6.07, 6.45) is 5.10. The van der Waals surface area contributed by atoms with Gasteiger partial charge >= 0.3 is 29.8 Å². The first kappa shape index (κ1) is 81.1. The van der Waals surface area contributed by atoms with Gasteiger partial charge in [-0.25, -0.2) is 29.1 Å². The molecule has 111 heavy (non-hydrogen) atoms. The van der Waals surface area contributed by atoms with E-state index in [1.807, 2.05) is 31.2 Å². The molecule has 31 nitrogen and oxygen atoms in total. The number of aliphatic hydroxyl groups is 1. The van der Waals surface area contributed by atoms with Crippen LogP contribution in [-0.4, -0.2) is 193 Å². The number of fused-ring (bicyclic) bond motifs is 3. The number of benzene rings is 3. The number of hydrogen-bond acceptors (Lipinski definition) is 26. The van der Waals surface area contributed by atoms with Gasteiger partial charge in [-0.1, -0.05) is 89.2 Å². The summed E-state index contributed by atoms with van der Waals surface area (Å²) in [5.41, 5.74) is 20.4. The number of alkyl halides is 2. The maximum atomic E-state index is 15.0. The number of aliphatic hydroxyl groups excluding tert-OH is 1. The molecule has 0 radical (unpaired) electrons. The van der Waals surface area contributed by atoms with Crippen LogP contribution in [0.25, 0.3) is 11.2 Å². The van der Waals surface area contributed by atoms with Crippen LogP contribution in [-0.2, 0) is 63.8 Å². The van der Waals surface area contributed by atoms with Crippen LogP contribution in [0.5, 0.6) is 5.88 Å². The number of carboxylic acids is 1. The number of amides is 3. The third kappa shape index (κ3) is 18.9. The predicted molar refractivity (Wildman–Crippen MR) is 412 cm³/mol. The molecule has 1 unspecified atom stereocenters. The van der Waals surface area contributed by atoms with Crippen LogP contribution >= 0.6 is 21.6 Å². The number of carbonyl (C=O) groups is 5. The van der Waals surface area contributed by atoms with Crippen molar-refractivity contribution >= 4 is 97.3 Å². The molecule has 3 aromatic carbocycles. The van der Waals surface area contributed by atoms with E-state index in [9.17, 15) is 44.1 Å². The summed E-state index contributed by atoms with van der Waals surface area (Å²) in [6, 6.07) is 22.8. The molecular weight excluding hydrogens is 1480 g/mol. The standard InChI is InChI=1S/C76H89F2N17O14S2/c1-8-92-55-18-13-11-16-52(55)74(4,5)58(92)27-22-46-38-51(107-43-50-42-91(90-89-50)32-15-31-81-61(96)29-26-54(68(100)101)85-66(98)45-20-24-48(25-21-45)82-40-49-41-83-65-62(84-49)67(99)88-70(80)87-65)39-47(23-28-59-75(6,7)53-17-12-14-19-56(53)93(59)9-2)63(46)94(10-3)72(103)105-34-36-110-111-37-35-106-73(104)108-44-57-64(97)76(77,78)69(109-57)95-33-30-60(79)86-71(95)102/h11-14,16-25,27-28,30,33,41-42,51,54,57,64,69,97H,8-10,15,26,29,31-32,34-40,43-44H2,1-7H3,(H8-,79,80,81,82,83,85,86,87,88,96,98,99,100,101,102)/p+1/t54-,57+,64-,69+/m0/s1. The minimum atomic E-state index is -3.94. The van der Waals surface area contributed by atoms with Gasteiger partial charge in [-0.3, -0.25) is 23.7 Å². The zero-order chi connectivity index (χ0) is 79.3. The van der Waals surface area contributed by atoms with Crippen molar-refractivity contribution in [3.63, 3.8) is 0 Å². The van der Waals surface area contributed by atoms with Crippen molar-refractivity contribution in [2.24, 2.45) is 0 Å². The molecule has 0 bridgehead atoms. The van der Waals surface area contributed by atoms with E-state index in [0.29, 0.717) is 72.0 Å². The fraction of sp³-hybridized carbons (Fsp3) is 0.421. The number of allylic oxidation sites excluding steroid dienone is 6. The van der Waals surface area contributed by atoms with Crippen LogP contribution in [0, 0.1) is 0 Å². The topological polar surface area (TPSA) is 407 Å². The Morgan fingerprint density at radius 2 is 1.61 bits per heavy atom. The Morgan fingerprint density at radius 1 is 0.874 bits per heavy atom. The van der Waals surface area contributed by atoms with Crippen LogP contribution < -0.4 is 38.0 Å². The highest BCUT2D eigenvalue weighted by atomic mass is 33.1. The van der Waals surface area contributed by atoms with Gasteiger partial charge in [0.2, 0.25) is 29.7 Å². The lowest BCUT2D eigenvalue weighted by Crippen LogP contribution is -2.42. The summed E-state index contributed by atoms with van der Waals surface area (Å²) in [7, 11) is 2.71. The van der Waals surface area contributed by atoms with E-state index in [1.54, 1.807) is 27.9 Å². The lowest BCUT2D eigenvalue weighted by atomic mass is 9.80. The molecule has 5 atom stereocenters. The molecular formula is C76H90F2N17O14S2+. The van der Waals surface area contributed by atoms with Crippen LogP contribution in [0.2, 0.25) is 0 Å². The molecule has 35 heteroatoms. The van der Waals surface area contributed by atoms with E-state index in [2.05, 4.69) is 151 Å². The number of halogens is 2. The maximum Gasteiger partial charge on any atom is 0.508 e. The van der Waals surface area contributed by atoms with Gasteiger partial charge in [0, 0.05) is 109 Å². The number of rotatable bonds is 33. The Bertz CT molecular complexity index is 4820. The molecule has 3 aliphatic heterocycles. The summed E-state index contributed by atoms with van der Waals surface area (Å²) in [4.78, 5) is 102. The number of para-hydroxylation sites is 2. The average molecular weight is 1570 g/mol. The van der Waals surface area contributed by atoms with Crippen molar-refractivity contribution in [1.29, 1.82) is 0 Å². The molecule has 1 saturated heterocycles. The highest BCUT2D eigenvalue weighted by molar-refractivity contribution is 8.76. The Morgan fingerprint density at radius 3 is 2.34 bits per heavy atom. The van der Waals surface area contributed by atoms with E-state index >= 15 is 8.78 Å². The second-order valence-corrected chi connectivity index (χ2v) is 30.2. The van der Waals surface area contributed by atoms with Crippen molar-refractivity contribution in [1.82, 2.24) is 60.0 Å². The van der Waals surface area contributed by atoms with Gasteiger partial charge in [0.15, 0.2) is 23.0 Å². The first-order chi connectivity index (χ1) is 53.2. The van der Waals surface area contributed by atoms with Crippen molar-refractivity contribution in [2.75, 3.05) is 79.2 Å². The Balaban J connectivity index is 0.713. The van der Waals surface area contributed by atoms with Crippen molar-refractivity contribution < 1.29 is 76.3 Å². The third-order valence-corrected chi connectivity index (χ3v) is 21.7. The SMILES string of the molecule is CCN(C(=O)OCCSSCCOC(=O)OC[C@H]1O[C@@H](n2ccc(N)nc2=O)C(F)(F)[C@H]1O)C1=C(/C=C/C2=[N+](CC)c3ccccc3C2(C)C)CC(OCc2cn(CCCNC(=O)CC[C@H](NC(=O)c3ccc(NCc4cnc5nc(N)nc(O)c5n4)cc3)C(=O)O)nn2)C/C1=C\C=C1\N(CC)c2ccccc2C1(C)C. The minimum absolute atomic E-state index is 0.0212. The third-order valence-electron chi connectivity index (χ3n) is 19.4. The molecule has 0 spiro atoms. The number of aromatic hydroxyl groups is 1. The summed E-state index contributed by atoms with van der Waals surface area (Å²) in [6.45, 7) is 16.6.